The summed E-state index contributed by atoms with van der Waals surface area (Å²) in [5, 5.41) is 0. The number of hydrogen-bond acceptors (Lipinski definition) is 3. The lowest BCUT2D eigenvalue weighted by Gasteiger charge is -2.23. The van der Waals surface area contributed by atoms with Crippen LogP contribution >= 0.6 is 0 Å². The van der Waals surface area contributed by atoms with Gasteiger partial charge in [0.15, 0.2) is 0 Å². The van der Waals surface area contributed by atoms with Crippen molar-refractivity contribution in [1.29, 1.82) is 0 Å². The third kappa shape index (κ3) is 11.5. The maximum absolute atomic E-state index is 6.54. The molecule has 0 spiro atoms. The summed E-state index contributed by atoms with van der Waals surface area (Å²) in [6, 6.07) is 0. The molecule has 0 aromatic rings. The summed E-state index contributed by atoms with van der Waals surface area (Å²) in [5.41, 5.74) is 0. The van der Waals surface area contributed by atoms with Gasteiger partial charge in [-0.25, -0.2) is 0 Å². The summed E-state index contributed by atoms with van der Waals surface area (Å²) in [5.74, 6) is 1.68. The summed E-state index contributed by atoms with van der Waals surface area (Å²) in [6.07, 6.45) is 17.0. The maximum atomic E-state index is 6.54. The molecule has 2 aliphatic rings. The molecule has 2 rings (SSSR count). The van der Waals surface area contributed by atoms with Crippen LogP contribution in [-0.2, 0) is 14.2 Å². The molecule has 3 nitrogen and oxygen atoms in total. The van der Waals surface area contributed by atoms with Gasteiger partial charge >= 0.3 is 0 Å². The molecular weight excluding hydrogens is 336 g/mol. The normalized spacial score (nSPS) is 23.8. The first-order valence-corrected chi connectivity index (χ1v) is 11.9. The first kappa shape index (κ1) is 23.2. The highest BCUT2D eigenvalue weighted by Crippen LogP contribution is 2.29. The van der Waals surface area contributed by atoms with Gasteiger partial charge in [0.25, 0.3) is 0 Å². The summed E-state index contributed by atoms with van der Waals surface area (Å²) in [4.78, 5) is 0. The number of ether oxygens (including phenoxy) is 3. The van der Waals surface area contributed by atoms with E-state index in [0.29, 0.717) is 24.4 Å². The third-order valence-electron chi connectivity index (χ3n) is 5.94. The van der Waals surface area contributed by atoms with Crippen LogP contribution in [0, 0.1) is 11.8 Å². The molecule has 0 N–H and O–H groups in total. The zero-order chi connectivity index (χ0) is 19.5. The van der Waals surface area contributed by atoms with E-state index in [2.05, 4.69) is 27.7 Å². The molecule has 0 aromatic carbocycles. The standard InChI is InChI=1S/C24H46O3/c1-19(2)13-9-5-7-11-15-21(23-17-25-23)27-22(24-18-26-24)16-12-8-6-10-14-20(3)4/h19-24H,5-18H2,1-4H3. The van der Waals surface area contributed by atoms with E-state index in [4.69, 9.17) is 14.2 Å². The Morgan fingerprint density at radius 3 is 1.22 bits per heavy atom. The van der Waals surface area contributed by atoms with Crippen molar-refractivity contribution in [3.63, 3.8) is 0 Å². The van der Waals surface area contributed by atoms with Crippen molar-refractivity contribution in [1.82, 2.24) is 0 Å². The van der Waals surface area contributed by atoms with E-state index < -0.39 is 0 Å². The molecule has 0 bridgehead atoms. The fraction of sp³-hybridized carbons (Fsp3) is 1.00. The molecule has 4 unspecified atom stereocenters. The van der Waals surface area contributed by atoms with Crippen molar-refractivity contribution in [2.24, 2.45) is 11.8 Å². The molecule has 0 radical (unpaired) electrons. The van der Waals surface area contributed by atoms with Gasteiger partial charge in [-0.15, -0.1) is 0 Å². The van der Waals surface area contributed by atoms with Gasteiger partial charge in [0.2, 0.25) is 0 Å². The van der Waals surface area contributed by atoms with Gasteiger partial charge in [-0.3, -0.25) is 0 Å². The second-order valence-corrected chi connectivity index (χ2v) is 9.73. The van der Waals surface area contributed by atoms with Crippen LogP contribution in [-0.4, -0.2) is 37.6 Å². The van der Waals surface area contributed by atoms with Gasteiger partial charge < -0.3 is 14.2 Å². The minimum Gasteiger partial charge on any atom is -0.370 e. The molecule has 2 saturated heterocycles. The van der Waals surface area contributed by atoms with Crippen molar-refractivity contribution in [2.75, 3.05) is 13.2 Å². The summed E-state index contributed by atoms with van der Waals surface area (Å²) < 4.78 is 17.7. The summed E-state index contributed by atoms with van der Waals surface area (Å²) in [6.45, 7) is 11.1. The van der Waals surface area contributed by atoms with Crippen molar-refractivity contribution < 1.29 is 14.2 Å². The molecule has 2 fully saturated rings. The van der Waals surface area contributed by atoms with Gasteiger partial charge in [-0.2, -0.15) is 0 Å². The Morgan fingerprint density at radius 1 is 0.593 bits per heavy atom. The van der Waals surface area contributed by atoms with E-state index in [0.717, 1.165) is 37.9 Å². The first-order chi connectivity index (χ1) is 13.1. The van der Waals surface area contributed by atoms with Gasteiger partial charge in [0, 0.05) is 0 Å². The molecular formula is C24H46O3. The highest BCUT2D eigenvalue weighted by atomic mass is 16.6. The zero-order valence-electron chi connectivity index (χ0n) is 18.6. The quantitative estimate of drug-likeness (QED) is 0.200. The Morgan fingerprint density at radius 2 is 0.926 bits per heavy atom. The molecule has 3 heteroatoms. The Hall–Kier alpha value is -0.120. The second kappa shape index (κ2) is 13.2. The number of unbranched alkanes of at least 4 members (excludes halogenated alkanes) is 6. The molecule has 2 aliphatic heterocycles. The fourth-order valence-corrected chi connectivity index (χ4v) is 3.95. The molecule has 2 heterocycles. The van der Waals surface area contributed by atoms with Crippen LogP contribution in [0.15, 0.2) is 0 Å². The average Bonchev–Trinajstić information content (AvgIpc) is 3.49. The first-order valence-electron chi connectivity index (χ1n) is 11.9. The lowest BCUT2D eigenvalue weighted by atomic mass is 10.0. The van der Waals surface area contributed by atoms with Gasteiger partial charge in [-0.05, 0) is 24.7 Å². The van der Waals surface area contributed by atoms with E-state index in [-0.39, 0.29) is 0 Å². The minimum absolute atomic E-state index is 0.297. The van der Waals surface area contributed by atoms with Crippen molar-refractivity contribution >= 4 is 0 Å². The van der Waals surface area contributed by atoms with Gasteiger partial charge in [0.05, 0.1) is 25.4 Å². The van der Waals surface area contributed by atoms with Crippen LogP contribution in [0.5, 0.6) is 0 Å². The lowest BCUT2D eigenvalue weighted by Crippen LogP contribution is -2.30. The Kier molecular flexibility index (Phi) is 11.3. The molecule has 0 aliphatic carbocycles. The predicted molar refractivity (Wildman–Crippen MR) is 113 cm³/mol. The zero-order valence-corrected chi connectivity index (χ0v) is 18.6. The topological polar surface area (TPSA) is 34.3 Å². The predicted octanol–water partition coefficient (Wildman–Crippen LogP) is 6.53. The number of epoxide rings is 2. The SMILES string of the molecule is CC(C)CCCCCCC(OC(CCCCCCC(C)C)C1CO1)C1CO1. The summed E-state index contributed by atoms with van der Waals surface area (Å²) >= 11 is 0. The molecule has 160 valence electrons. The van der Waals surface area contributed by atoms with E-state index in [1.54, 1.807) is 0 Å². The van der Waals surface area contributed by atoms with Crippen LogP contribution in [0.2, 0.25) is 0 Å². The monoisotopic (exact) mass is 382 g/mol. The molecule has 27 heavy (non-hydrogen) atoms. The number of hydrogen-bond donors (Lipinski definition) is 0. The van der Waals surface area contributed by atoms with E-state index in [9.17, 15) is 0 Å². The lowest BCUT2D eigenvalue weighted by molar-refractivity contribution is -0.0469. The summed E-state index contributed by atoms with van der Waals surface area (Å²) in [7, 11) is 0. The molecule has 0 aromatic heterocycles. The highest BCUT2D eigenvalue weighted by Gasteiger charge is 2.39. The van der Waals surface area contributed by atoms with Crippen LogP contribution in [0.25, 0.3) is 0 Å². The third-order valence-corrected chi connectivity index (χ3v) is 5.94. The molecule has 4 atom stereocenters. The number of rotatable bonds is 18. The van der Waals surface area contributed by atoms with Gasteiger partial charge in [-0.1, -0.05) is 91.9 Å². The smallest absolute Gasteiger partial charge is 0.107 e. The van der Waals surface area contributed by atoms with E-state index >= 15 is 0 Å². The Balaban J connectivity index is 1.59. The van der Waals surface area contributed by atoms with Crippen molar-refractivity contribution in [2.45, 2.75) is 129 Å². The van der Waals surface area contributed by atoms with Crippen molar-refractivity contribution in [3.8, 4) is 0 Å². The Bertz CT molecular complexity index is 327. The second-order valence-electron chi connectivity index (χ2n) is 9.73. The van der Waals surface area contributed by atoms with E-state index in [1.165, 1.54) is 64.2 Å². The van der Waals surface area contributed by atoms with Crippen LogP contribution in [0.1, 0.15) is 105 Å². The van der Waals surface area contributed by atoms with Gasteiger partial charge in [0.1, 0.15) is 12.2 Å². The Labute approximate surface area is 168 Å². The van der Waals surface area contributed by atoms with Crippen molar-refractivity contribution in [3.05, 3.63) is 0 Å². The van der Waals surface area contributed by atoms with Crippen LogP contribution in [0.4, 0.5) is 0 Å². The minimum atomic E-state index is 0.297. The van der Waals surface area contributed by atoms with Crippen LogP contribution < -0.4 is 0 Å². The largest absolute Gasteiger partial charge is 0.370 e. The molecule has 0 saturated carbocycles. The van der Waals surface area contributed by atoms with Crippen LogP contribution in [0.3, 0.4) is 0 Å². The molecule has 0 amide bonds. The highest BCUT2D eigenvalue weighted by molar-refractivity contribution is 4.86. The average molecular weight is 383 g/mol. The van der Waals surface area contributed by atoms with E-state index in [1.807, 2.05) is 0 Å². The fourth-order valence-electron chi connectivity index (χ4n) is 3.95. The maximum Gasteiger partial charge on any atom is 0.107 e.